The Morgan fingerprint density at radius 1 is 1.61 bits per heavy atom. The van der Waals surface area contributed by atoms with Gasteiger partial charge in [0.1, 0.15) is 18.0 Å². The van der Waals surface area contributed by atoms with Crippen molar-refractivity contribution < 1.29 is 18.8 Å². The Bertz CT molecular complexity index is 661. The zero-order valence-electron chi connectivity index (χ0n) is 9.25. The zero-order chi connectivity index (χ0) is 13.3. The van der Waals surface area contributed by atoms with Crippen LogP contribution < -0.4 is 5.56 Å². The van der Waals surface area contributed by atoms with Crippen LogP contribution in [0.15, 0.2) is 21.8 Å². The van der Waals surface area contributed by atoms with Gasteiger partial charge in [-0.15, -0.1) is 0 Å². The average Bonchev–Trinajstić information content (AvgIpc) is 2.71. The highest BCUT2D eigenvalue weighted by Crippen LogP contribution is 2.21. The van der Waals surface area contributed by atoms with Gasteiger partial charge in [0.05, 0.1) is 18.1 Å². The van der Waals surface area contributed by atoms with Gasteiger partial charge in [0.25, 0.3) is 5.56 Å². The Labute approximate surface area is 99.5 Å². The summed E-state index contributed by atoms with van der Waals surface area (Å²) in [6.45, 7) is 0.901. The normalized spacial score (nSPS) is 10.6. The average molecular weight is 253 g/mol. The minimum atomic E-state index is -1.26. The minimum absolute atomic E-state index is 0.208. The number of aromatic nitrogens is 3. The molecule has 0 bridgehead atoms. The van der Waals surface area contributed by atoms with Crippen LogP contribution in [0.1, 0.15) is 5.76 Å². The third-order valence-corrected chi connectivity index (χ3v) is 2.29. The van der Waals surface area contributed by atoms with E-state index in [1.807, 2.05) is 0 Å². The molecule has 0 atom stereocenters. The lowest BCUT2D eigenvalue weighted by Gasteiger charge is -2.04. The van der Waals surface area contributed by atoms with Crippen molar-refractivity contribution >= 4 is 5.97 Å². The van der Waals surface area contributed by atoms with Gasteiger partial charge in [-0.25, -0.2) is 4.98 Å². The van der Waals surface area contributed by atoms with Crippen molar-refractivity contribution in [2.75, 3.05) is 0 Å². The lowest BCUT2D eigenvalue weighted by molar-refractivity contribution is -0.137. The molecule has 0 aromatic carbocycles. The van der Waals surface area contributed by atoms with Gasteiger partial charge in [-0.05, 0) is 6.92 Å². The predicted molar refractivity (Wildman–Crippen MR) is 56.3 cm³/mol. The third-order valence-electron chi connectivity index (χ3n) is 2.29. The summed E-state index contributed by atoms with van der Waals surface area (Å²) < 4.78 is 19.2. The molecule has 0 aliphatic carbocycles. The number of aryl methyl sites for hydroxylation is 1. The largest absolute Gasteiger partial charge is 0.480 e. The van der Waals surface area contributed by atoms with Crippen molar-refractivity contribution in [2.45, 2.75) is 13.5 Å². The van der Waals surface area contributed by atoms with Crippen LogP contribution in [0.3, 0.4) is 0 Å². The number of carboxylic acids is 1. The molecule has 0 aliphatic rings. The molecular weight excluding hydrogens is 245 g/mol. The maximum absolute atomic E-state index is 13.8. The van der Waals surface area contributed by atoms with E-state index in [2.05, 4.69) is 10.1 Å². The number of halogens is 1. The highest BCUT2D eigenvalue weighted by molar-refractivity contribution is 5.66. The topological polar surface area (TPSA) is 98.2 Å². The highest BCUT2D eigenvalue weighted by Gasteiger charge is 2.17. The van der Waals surface area contributed by atoms with Gasteiger partial charge in [-0.1, -0.05) is 5.16 Å². The Morgan fingerprint density at radius 2 is 2.33 bits per heavy atom. The van der Waals surface area contributed by atoms with E-state index in [9.17, 15) is 14.0 Å². The molecule has 7 nitrogen and oxygen atoms in total. The Hall–Kier alpha value is -2.51. The summed E-state index contributed by atoms with van der Waals surface area (Å²) in [4.78, 5) is 25.8. The molecule has 2 rings (SSSR count). The number of carboxylic acid groups (broad SMARTS) is 1. The second-order valence-corrected chi connectivity index (χ2v) is 3.53. The lowest BCUT2D eigenvalue weighted by atomic mass is 10.2. The van der Waals surface area contributed by atoms with Crippen LogP contribution >= 0.6 is 0 Å². The number of rotatable bonds is 3. The fourth-order valence-electron chi connectivity index (χ4n) is 1.44. The summed E-state index contributed by atoms with van der Waals surface area (Å²) in [5.74, 6) is -2.07. The molecular formula is C10H8FN3O4. The molecule has 0 saturated heterocycles. The van der Waals surface area contributed by atoms with E-state index in [1.165, 1.54) is 6.20 Å². The van der Waals surface area contributed by atoms with Crippen LogP contribution in [0.5, 0.6) is 0 Å². The van der Waals surface area contributed by atoms with Gasteiger partial charge in [-0.3, -0.25) is 14.2 Å². The Balaban J connectivity index is 2.54. The summed E-state index contributed by atoms with van der Waals surface area (Å²) in [5.41, 5.74) is -1.00. The van der Waals surface area contributed by atoms with Gasteiger partial charge >= 0.3 is 5.97 Å². The van der Waals surface area contributed by atoms with Crippen LogP contribution in [0.4, 0.5) is 4.39 Å². The molecule has 2 heterocycles. The SMILES string of the molecule is Cc1oncc1-c1ncn(CC(=O)O)c(=O)c1F. The number of aliphatic carboxylic acids is 1. The molecule has 0 fully saturated rings. The smallest absolute Gasteiger partial charge is 0.323 e. The minimum Gasteiger partial charge on any atom is -0.480 e. The molecule has 2 aromatic rings. The van der Waals surface area contributed by atoms with Crippen LogP contribution in [0.25, 0.3) is 11.3 Å². The van der Waals surface area contributed by atoms with E-state index in [4.69, 9.17) is 9.63 Å². The molecule has 0 aliphatic heterocycles. The second kappa shape index (κ2) is 4.40. The standard InChI is InChI=1S/C10H8FN3O4/c1-5-6(2-13-18-5)9-8(11)10(17)14(4-12-9)3-7(15)16/h2,4H,3H2,1H3,(H,15,16). The summed E-state index contributed by atoms with van der Waals surface area (Å²) in [7, 11) is 0. The fraction of sp³-hybridized carbons (Fsp3) is 0.200. The summed E-state index contributed by atoms with van der Waals surface area (Å²) in [6, 6.07) is 0. The molecule has 0 unspecified atom stereocenters. The molecule has 0 saturated carbocycles. The number of hydrogen-bond donors (Lipinski definition) is 1. The third kappa shape index (κ3) is 1.99. The van der Waals surface area contributed by atoms with Gasteiger partial charge < -0.3 is 9.63 Å². The predicted octanol–water partition coefficient (Wildman–Crippen LogP) is 0.430. The van der Waals surface area contributed by atoms with Crippen LogP contribution in [0.2, 0.25) is 0 Å². The summed E-state index contributed by atoms with van der Waals surface area (Å²) in [5, 5.41) is 12.0. The zero-order valence-corrected chi connectivity index (χ0v) is 9.25. The Kier molecular flexibility index (Phi) is 2.92. The quantitative estimate of drug-likeness (QED) is 0.851. The molecule has 1 N–H and O–H groups in total. The van der Waals surface area contributed by atoms with Crippen LogP contribution in [-0.2, 0) is 11.3 Å². The summed E-state index contributed by atoms with van der Waals surface area (Å²) >= 11 is 0. The second-order valence-electron chi connectivity index (χ2n) is 3.53. The molecule has 0 amide bonds. The first-order chi connectivity index (χ1) is 8.50. The molecule has 18 heavy (non-hydrogen) atoms. The summed E-state index contributed by atoms with van der Waals surface area (Å²) in [6.07, 6.45) is 2.21. The van der Waals surface area contributed by atoms with Crippen molar-refractivity contribution in [3.05, 3.63) is 34.5 Å². The van der Waals surface area contributed by atoms with Gasteiger partial charge in [0.15, 0.2) is 0 Å². The number of carbonyl (C=O) groups is 1. The maximum atomic E-state index is 13.8. The molecule has 0 spiro atoms. The van der Waals surface area contributed by atoms with Gasteiger partial charge in [0, 0.05) is 0 Å². The van der Waals surface area contributed by atoms with E-state index >= 15 is 0 Å². The Morgan fingerprint density at radius 3 is 2.89 bits per heavy atom. The molecule has 0 radical (unpaired) electrons. The van der Waals surface area contributed by atoms with E-state index in [-0.39, 0.29) is 11.3 Å². The van der Waals surface area contributed by atoms with Crippen LogP contribution in [0, 0.1) is 12.7 Å². The first kappa shape index (κ1) is 12.0. The maximum Gasteiger partial charge on any atom is 0.323 e. The van der Waals surface area contributed by atoms with Gasteiger partial charge in [-0.2, -0.15) is 4.39 Å². The van der Waals surface area contributed by atoms with Crippen molar-refractivity contribution in [2.24, 2.45) is 0 Å². The number of hydrogen-bond acceptors (Lipinski definition) is 5. The van der Waals surface area contributed by atoms with Crippen LogP contribution in [-0.4, -0.2) is 25.8 Å². The van der Waals surface area contributed by atoms with E-state index in [0.29, 0.717) is 10.3 Å². The molecule has 8 heteroatoms. The number of nitrogens with zero attached hydrogens (tertiary/aromatic N) is 3. The highest BCUT2D eigenvalue weighted by atomic mass is 19.1. The van der Waals surface area contributed by atoms with Crippen molar-refractivity contribution in [1.82, 2.24) is 14.7 Å². The van der Waals surface area contributed by atoms with E-state index in [1.54, 1.807) is 6.92 Å². The first-order valence-electron chi connectivity index (χ1n) is 4.89. The van der Waals surface area contributed by atoms with Crippen molar-refractivity contribution in [1.29, 1.82) is 0 Å². The molecule has 2 aromatic heterocycles. The van der Waals surface area contributed by atoms with Gasteiger partial charge in [0.2, 0.25) is 5.82 Å². The van der Waals surface area contributed by atoms with Crippen molar-refractivity contribution in [3.8, 4) is 11.3 Å². The fourth-order valence-corrected chi connectivity index (χ4v) is 1.44. The lowest BCUT2D eigenvalue weighted by Crippen LogP contribution is -2.27. The van der Waals surface area contributed by atoms with E-state index in [0.717, 1.165) is 6.33 Å². The first-order valence-corrected chi connectivity index (χ1v) is 4.89. The molecule has 94 valence electrons. The van der Waals surface area contributed by atoms with Crippen molar-refractivity contribution in [3.63, 3.8) is 0 Å². The van der Waals surface area contributed by atoms with E-state index < -0.39 is 23.9 Å². The monoisotopic (exact) mass is 253 g/mol.